The molecular weight excluding hydrogens is 312 g/mol. The molecule has 8 heteroatoms. The third kappa shape index (κ3) is 3.82. The Labute approximate surface area is 129 Å². The van der Waals surface area contributed by atoms with Crippen LogP contribution in [-0.2, 0) is 10.0 Å². The Morgan fingerprint density at radius 2 is 2.10 bits per heavy atom. The van der Waals surface area contributed by atoms with E-state index in [-0.39, 0.29) is 9.77 Å². The Hall–Kier alpha value is -0.960. The molecule has 0 amide bonds. The van der Waals surface area contributed by atoms with Gasteiger partial charge in [0.25, 0.3) is 0 Å². The number of carboxylic acids is 1. The topological polar surface area (TPSA) is 77.9 Å². The minimum absolute atomic E-state index is 0.0428. The average Bonchev–Trinajstić information content (AvgIpc) is 2.91. The van der Waals surface area contributed by atoms with E-state index in [1.165, 1.54) is 15.8 Å². The summed E-state index contributed by atoms with van der Waals surface area (Å²) >= 11 is 0.936. The summed E-state index contributed by atoms with van der Waals surface area (Å²) in [5.41, 5.74) is 0. The zero-order chi connectivity index (χ0) is 15.6. The van der Waals surface area contributed by atoms with E-state index < -0.39 is 16.0 Å². The third-order valence-electron chi connectivity index (χ3n) is 3.85. The number of thiophene rings is 1. The first-order valence-electron chi connectivity index (χ1n) is 6.77. The number of nitrogens with zero attached hydrogens (tertiary/aromatic N) is 2. The maximum atomic E-state index is 12.4. The first-order chi connectivity index (χ1) is 9.80. The fourth-order valence-electron chi connectivity index (χ4n) is 2.45. The summed E-state index contributed by atoms with van der Waals surface area (Å²) in [6.45, 7) is 2.45. The second-order valence-electron chi connectivity index (χ2n) is 5.48. The van der Waals surface area contributed by atoms with Gasteiger partial charge in [0.05, 0.1) is 4.90 Å². The Bertz CT molecular complexity index is 603. The van der Waals surface area contributed by atoms with E-state index in [1.54, 1.807) is 7.05 Å². The molecule has 1 aromatic heterocycles. The number of rotatable bonds is 5. The van der Waals surface area contributed by atoms with Gasteiger partial charge in [-0.3, -0.25) is 0 Å². The number of carbonyl (C=O) groups is 1. The molecule has 118 valence electrons. The zero-order valence-corrected chi connectivity index (χ0v) is 13.8. The Morgan fingerprint density at radius 1 is 1.48 bits per heavy atom. The standard InChI is InChI=1S/C13H20N2O4S2/c1-14-5-3-10(4-6-14)8-15(2)21(18,19)11-7-12(13(16)17)20-9-11/h7,9-10H,3-6,8H2,1-2H3,(H,16,17). The van der Waals surface area contributed by atoms with E-state index >= 15 is 0 Å². The highest BCUT2D eigenvalue weighted by molar-refractivity contribution is 7.89. The second-order valence-corrected chi connectivity index (χ2v) is 8.44. The average molecular weight is 332 g/mol. The molecule has 0 bridgehead atoms. The first-order valence-corrected chi connectivity index (χ1v) is 9.09. The van der Waals surface area contributed by atoms with Gasteiger partial charge in [0.2, 0.25) is 10.0 Å². The van der Waals surface area contributed by atoms with E-state index in [0.717, 1.165) is 37.3 Å². The lowest BCUT2D eigenvalue weighted by Gasteiger charge is -2.31. The molecule has 0 saturated carbocycles. The first kappa shape index (κ1) is 16.4. The van der Waals surface area contributed by atoms with Crippen LogP contribution in [0.5, 0.6) is 0 Å². The quantitative estimate of drug-likeness (QED) is 0.882. The summed E-state index contributed by atoms with van der Waals surface area (Å²) < 4.78 is 26.2. The molecule has 1 aromatic rings. The van der Waals surface area contributed by atoms with Gasteiger partial charge >= 0.3 is 5.97 Å². The molecular formula is C13H20N2O4S2. The van der Waals surface area contributed by atoms with E-state index in [1.807, 2.05) is 0 Å². The van der Waals surface area contributed by atoms with Crippen LogP contribution in [0, 0.1) is 5.92 Å². The smallest absolute Gasteiger partial charge is 0.345 e. The number of carboxylic acid groups (broad SMARTS) is 1. The van der Waals surface area contributed by atoms with Gasteiger partial charge in [-0.15, -0.1) is 11.3 Å². The predicted molar refractivity (Wildman–Crippen MR) is 81.3 cm³/mol. The van der Waals surface area contributed by atoms with Crippen molar-refractivity contribution >= 4 is 27.3 Å². The highest BCUT2D eigenvalue weighted by atomic mass is 32.2. The number of hydrogen-bond acceptors (Lipinski definition) is 5. The van der Waals surface area contributed by atoms with Gasteiger partial charge in [-0.1, -0.05) is 0 Å². The molecule has 21 heavy (non-hydrogen) atoms. The number of piperidine rings is 1. The Kier molecular flexibility index (Phi) is 5.03. The largest absolute Gasteiger partial charge is 0.477 e. The van der Waals surface area contributed by atoms with Crippen LogP contribution < -0.4 is 0 Å². The van der Waals surface area contributed by atoms with Crippen LogP contribution in [0.25, 0.3) is 0 Å². The van der Waals surface area contributed by atoms with Crippen LogP contribution in [0.4, 0.5) is 0 Å². The van der Waals surface area contributed by atoms with Gasteiger partial charge in [-0.25, -0.2) is 17.5 Å². The van der Waals surface area contributed by atoms with Gasteiger partial charge in [-0.05, 0) is 45.0 Å². The molecule has 2 rings (SSSR count). The molecule has 0 unspecified atom stereocenters. The van der Waals surface area contributed by atoms with Gasteiger partial charge in [0.15, 0.2) is 0 Å². The van der Waals surface area contributed by atoms with E-state index in [2.05, 4.69) is 11.9 Å². The van der Waals surface area contributed by atoms with Crippen molar-refractivity contribution < 1.29 is 18.3 Å². The van der Waals surface area contributed by atoms with E-state index in [9.17, 15) is 13.2 Å². The predicted octanol–water partition coefficient (Wildman–Crippen LogP) is 1.41. The van der Waals surface area contributed by atoms with Gasteiger partial charge in [-0.2, -0.15) is 0 Å². The fourth-order valence-corrected chi connectivity index (χ4v) is 4.80. The SMILES string of the molecule is CN1CCC(CN(C)S(=O)(=O)c2csc(C(=O)O)c2)CC1. The molecule has 1 aliphatic rings. The number of sulfonamides is 1. The highest BCUT2D eigenvalue weighted by Gasteiger charge is 2.27. The fraction of sp³-hybridized carbons (Fsp3) is 0.615. The summed E-state index contributed by atoms with van der Waals surface area (Å²) in [4.78, 5) is 13.2. The van der Waals surface area contributed by atoms with Crippen LogP contribution in [0.1, 0.15) is 22.5 Å². The molecule has 1 fully saturated rings. The Balaban J connectivity index is 2.05. The lowest BCUT2D eigenvalue weighted by molar-refractivity contribution is 0.0702. The van der Waals surface area contributed by atoms with Gasteiger partial charge < -0.3 is 10.0 Å². The summed E-state index contributed by atoms with van der Waals surface area (Å²) in [5, 5.41) is 10.3. The monoisotopic (exact) mass is 332 g/mol. The van der Waals surface area contributed by atoms with Crippen LogP contribution in [-0.4, -0.2) is 62.4 Å². The number of hydrogen-bond donors (Lipinski definition) is 1. The molecule has 1 N–H and O–H groups in total. The van der Waals surface area contributed by atoms with Crippen molar-refractivity contribution in [2.24, 2.45) is 5.92 Å². The minimum Gasteiger partial charge on any atom is -0.477 e. The van der Waals surface area contributed by atoms with Crippen LogP contribution >= 0.6 is 11.3 Å². The molecule has 1 saturated heterocycles. The van der Waals surface area contributed by atoms with Gasteiger partial charge in [0.1, 0.15) is 4.88 Å². The Morgan fingerprint density at radius 3 is 2.62 bits per heavy atom. The zero-order valence-electron chi connectivity index (χ0n) is 12.2. The van der Waals surface area contributed by atoms with E-state index in [0.29, 0.717) is 12.5 Å². The van der Waals surface area contributed by atoms with E-state index in [4.69, 9.17) is 5.11 Å². The van der Waals surface area contributed by atoms with Crippen molar-refractivity contribution in [1.82, 2.24) is 9.21 Å². The second kappa shape index (κ2) is 6.43. The lowest BCUT2D eigenvalue weighted by Crippen LogP contribution is -2.37. The van der Waals surface area contributed by atoms with Crippen molar-refractivity contribution in [3.8, 4) is 0 Å². The van der Waals surface area contributed by atoms with Crippen molar-refractivity contribution in [1.29, 1.82) is 0 Å². The minimum atomic E-state index is -3.60. The molecule has 0 atom stereocenters. The molecule has 0 aromatic carbocycles. The summed E-state index contributed by atoms with van der Waals surface area (Å²) in [5.74, 6) is -0.738. The van der Waals surface area contributed by atoms with Crippen LogP contribution in [0.2, 0.25) is 0 Å². The summed E-state index contributed by atoms with van der Waals surface area (Å²) in [6.07, 6.45) is 1.97. The maximum Gasteiger partial charge on any atom is 0.345 e. The molecule has 0 spiro atoms. The highest BCUT2D eigenvalue weighted by Crippen LogP contribution is 2.24. The summed E-state index contributed by atoms with van der Waals surface area (Å²) in [7, 11) is 0.0285. The number of aromatic carboxylic acids is 1. The molecule has 1 aliphatic heterocycles. The van der Waals surface area contributed by atoms with Gasteiger partial charge in [0, 0.05) is 19.0 Å². The van der Waals surface area contributed by atoms with Crippen molar-refractivity contribution in [3.63, 3.8) is 0 Å². The van der Waals surface area contributed by atoms with Crippen LogP contribution in [0.15, 0.2) is 16.3 Å². The molecule has 6 nitrogen and oxygen atoms in total. The number of likely N-dealkylation sites (tertiary alicyclic amines) is 1. The van der Waals surface area contributed by atoms with Crippen molar-refractivity contribution in [3.05, 3.63) is 16.3 Å². The molecule has 0 radical (unpaired) electrons. The van der Waals surface area contributed by atoms with Crippen molar-refractivity contribution in [2.45, 2.75) is 17.7 Å². The lowest BCUT2D eigenvalue weighted by atomic mass is 9.97. The van der Waals surface area contributed by atoms with Crippen LogP contribution in [0.3, 0.4) is 0 Å². The normalized spacial score (nSPS) is 18.2. The molecule has 0 aliphatic carbocycles. The van der Waals surface area contributed by atoms with Crippen molar-refractivity contribution in [2.75, 3.05) is 33.7 Å². The third-order valence-corrected chi connectivity index (χ3v) is 6.72. The maximum absolute atomic E-state index is 12.4. The molecule has 2 heterocycles. The summed E-state index contributed by atoms with van der Waals surface area (Å²) in [6, 6.07) is 1.23.